The van der Waals surface area contributed by atoms with Crippen LogP contribution in [0.1, 0.15) is 15.9 Å². The number of carbonyl (C=O) groups excluding carboxylic acids is 1. The molecule has 0 bridgehead atoms. The van der Waals surface area contributed by atoms with Crippen molar-refractivity contribution in [3.63, 3.8) is 0 Å². The van der Waals surface area contributed by atoms with E-state index in [2.05, 4.69) is 15.9 Å². The molecule has 0 unspecified atom stereocenters. The first kappa shape index (κ1) is 11.7. The van der Waals surface area contributed by atoms with Crippen molar-refractivity contribution >= 4 is 21.7 Å². The van der Waals surface area contributed by atoms with E-state index in [-0.39, 0.29) is 22.8 Å². The van der Waals surface area contributed by atoms with Crippen molar-refractivity contribution in [1.29, 1.82) is 0 Å². The molecule has 0 fully saturated rings. The normalized spacial score (nSPS) is 10.2. The standard InChI is InChI=1S/C13H9BrO3/c14-11-4-2-1-3-9(11)13(17)10-6-5-8(15)7-12(10)16/h1-7,15-16H. The van der Waals surface area contributed by atoms with Crippen LogP contribution in [0.2, 0.25) is 0 Å². The van der Waals surface area contributed by atoms with Gasteiger partial charge in [0.1, 0.15) is 11.5 Å². The molecule has 0 aliphatic heterocycles. The third-order valence-corrected chi connectivity index (χ3v) is 3.04. The lowest BCUT2D eigenvalue weighted by atomic mass is 10.0. The summed E-state index contributed by atoms with van der Waals surface area (Å²) in [5.41, 5.74) is 0.628. The first-order valence-corrected chi connectivity index (χ1v) is 5.70. The maximum atomic E-state index is 12.1. The van der Waals surface area contributed by atoms with Gasteiger partial charge in [-0.2, -0.15) is 0 Å². The number of aromatic hydroxyl groups is 2. The van der Waals surface area contributed by atoms with Crippen LogP contribution in [-0.4, -0.2) is 16.0 Å². The van der Waals surface area contributed by atoms with E-state index in [4.69, 9.17) is 5.11 Å². The zero-order valence-electron chi connectivity index (χ0n) is 8.72. The third-order valence-electron chi connectivity index (χ3n) is 2.34. The van der Waals surface area contributed by atoms with Gasteiger partial charge in [-0.1, -0.05) is 28.1 Å². The number of halogens is 1. The molecule has 0 aromatic heterocycles. The average molecular weight is 293 g/mol. The number of hydrogen-bond acceptors (Lipinski definition) is 3. The number of ketones is 1. The summed E-state index contributed by atoms with van der Waals surface area (Å²) in [4.78, 5) is 12.1. The molecule has 0 amide bonds. The van der Waals surface area contributed by atoms with Gasteiger partial charge in [0.15, 0.2) is 5.78 Å². The second kappa shape index (κ2) is 4.59. The number of hydrogen-bond donors (Lipinski definition) is 2. The highest BCUT2D eigenvalue weighted by Crippen LogP contribution is 2.27. The predicted molar refractivity (Wildman–Crippen MR) is 67.3 cm³/mol. The molecule has 17 heavy (non-hydrogen) atoms. The molecule has 4 heteroatoms. The summed E-state index contributed by atoms with van der Waals surface area (Å²) in [6.07, 6.45) is 0. The van der Waals surface area contributed by atoms with Crippen LogP contribution < -0.4 is 0 Å². The van der Waals surface area contributed by atoms with Crippen molar-refractivity contribution in [2.75, 3.05) is 0 Å². The van der Waals surface area contributed by atoms with E-state index >= 15 is 0 Å². The topological polar surface area (TPSA) is 57.5 Å². The number of phenolic OH excluding ortho intramolecular Hbond substituents is 2. The SMILES string of the molecule is O=C(c1ccc(O)cc1O)c1ccccc1Br. The summed E-state index contributed by atoms with van der Waals surface area (Å²) in [5, 5.41) is 18.8. The Hall–Kier alpha value is -1.81. The van der Waals surface area contributed by atoms with Crippen LogP contribution in [0.5, 0.6) is 11.5 Å². The van der Waals surface area contributed by atoms with Crippen molar-refractivity contribution in [2.45, 2.75) is 0 Å². The fourth-order valence-corrected chi connectivity index (χ4v) is 1.97. The van der Waals surface area contributed by atoms with Gasteiger partial charge in [0.25, 0.3) is 0 Å². The van der Waals surface area contributed by atoms with Crippen molar-refractivity contribution in [3.8, 4) is 11.5 Å². The van der Waals surface area contributed by atoms with Crippen LogP contribution >= 0.6 is 15.9 Å². The van der Waals surface area contributed by atoms with Crippen molar-refractivity contribution in [1.82, 2.24) is 0 Å². The lowest BCUT2D eigenvalue weighted by Gasteiger charge is -2.05. The minimum atomic E-state index is -0.296. The summed E-state index contributed by atoms with van der Waals surface area (Å²) in [5.74, 6) is -0.605. The molecule has 0 saturated heterocycles. The van der Waals surface area contributed by atoms with Gasteiger partial charge < -0.3 is 10.2 Å². The van der Waals surface area contributed by atoms with Gasteiger partial charge in [-0.25, -0.2) is 0 Å². The lowest BCUT2D eigenvalue weighted by molar-refractivity contribution is 0.103. The third kappa shape index (κ3) is 2.31. The van der Waals surface area contributed by atoms with Crippen molar-refractivity contribution < 1.29 is 15.0 Å². The van der Waals surface area contributed by atoms with Crippen LogP contribution in [0, 0.1) is 0 Å². The molecule has 86 valence electrons. The number of phenols is 2. The predicted octanol–water partition coefficient (Wildman–Crippen LogP) is 3.09. The first-order chi connectivity index (χ1) is 8.09. The van der Waals surface area contributed by atoms with E-state index in [0.29, 0.717) is 10.0 Å². The Kier molecular flexibility index (Phi) is 3.15. The minimum absolute atomic E-state index is 0.0776. The molecule has 0 spiro atoms. The average Bonchev–Trinajstić information content (AvgIpc) is 2.29. The molecular formula is C13H9BrO3. The van der Waals surface area contributed by atoms with Gasteiger partial charge in [0.2, 0.25) is 0 Å². The van der Waals surface area contributed by atoms with E-state index in [1.54, 1.807) is 24.3 Å². The molecule has 2 aromatic carbocycles. The van der Waals surface area contributed by atoms with Gasteiger partial charge in [-0.15, -0.1) is 0 Å². The van der Waals surface area contributed by atoms with Gasteiger partial charge in [-0.05, 0) is 24.3 Å². The minimum Gasteiger partial charge on any atom is -0.508 e. The number of rotatable bonds is 2. The summed E-state index contributed by atoms with van der Waals surface area (Å²) >= 11 is 3.28. The van der Waals surface area contributed by atoms with E-state index in [1.807, 2.05) is 0 Å². The van der Waals surface area contributed by atoms with E-state index < -0.39 is 0 Å². The van der Waals surface area contributed by atoms with E-state index in [1.165, 1.54) is 12.1 Å². The quantitative estimate of drug-likeness (QED) is 0.836. The van der Waals surface area contributed by atoms with Crippen LogP contribution in [-0.2, 0) is 0 Å². The first-order valence-electron chi connectivity index (χ1n) is 4.91. The van der Waals surface area contributed by atoms with Crippen LogP contribution in [0.15, 0.2) is 46.9 Å². The maximum absolute atomic E-state index is 12.1. The number of benzene rings is 2. The Balaban J connectivity index is 2.48. The summed E-state index contributed by atoms with van der Waals surface area (Å²) in [6, 6.07) is 10.9. The van der Waals surface area contributed by atoms with Crippen molar-refractivity contribution in [3.05, 3.63) is 58.1 Å². The molecule has 0 aliphatic rings. The largest absolute Gasteiger partial charge is 0.508 e. The van der Waals surface area contributed by atoms with Crippen LogP contribution in [0.25, 0.3) is 0 Å². The molecule has 0 heterocycles. The highest BCUT2D eigenvalue weighted by Gasteiger charge is 2.15. The molecule has 2 N–H and O–H groups in total. The summed E-state index contributed by atoms with van der Waals surface area (Å²) < 4.78 is 0.664. The zero-order chi connectivity index (χ0) is 12.4. The Morgan fingerprint density at radius 2 is 1.71 bits per heavy atom. The van der Waals surface area contributed by atoms with Gasteiger partial charge in [-0.3, -0.25) is 4.79 Å². The Morgan fingerprint density at radius 1 is 1.00 bits per heavy atom. The molecule has 0 atom stereocenters. The van der Waals surface area contributed by atoms with Gasteiger partial charge in [0, 0.05) is 16.1 Å². The Morgan fingerprint density at radius 3 is 2.35 bits per heavy atom. The van der Waals surface area contributed by atoms with Crippen LogP contribution in [0.4, 0.5) is 0 Å². The zero-order valence-corrected chi connectivity index (χ0v) is 10.3. The van der Waals surface area contributed by atoms with E-state index in [9.17, 15) is 9.90 Å². The Bertz CT molecular complexity index is 579. The summed E-state index contributed by atoms with van der Waals surface area (Å²) in [7, 11) is 0. The van der Waals surface area contributed by atoms with Gasteiger partial charge in [0.05, 0.1) is 5.56 Å². The molecule has 0 aliphatic carbocycles. The monoisotopic (exact) mass is 292 g/mol. The lowest BCUT2D eigenvalue weighted by Crippen LogP contribution is -2.02. The highest BCUT2D eigenvalue weighted by molar-refractivity contribution is 9.10. The molecule has 2 aromatic rings. The fraction of sp³-hybridized carbons (Fsp3) is 0. The van der Waals surface area contributed by atoms with Gasteiger partial charge >= 0.3 is 0 Å². The fourth-order valence-electron chi connectivity index (χ4n) is 1.50. The van der Waals surface area contributed by atoms with Crippen molar-refractivity contribution in [2.24, 2.45) is 0 Å². The second-order valence-corrected chi connectivity index (χ2v) is 4.36. The number of carbonyl (C=O) groups is 1. The Labute approximate surface area is 106 Å². The van der Waals surface area contributed by atoms with Crippen LogP contribution in [0.3, 0.4) is 0 Å². The maximum Gasteiger partial charge on any atom is 0.197 e. The smallest absolute Gasteiger partial charge is 0.197 e. The molecule has 0 saturated carbocycles. The second-order valence-electron chi connectivity index (χ2n) is 3.51. The highest BCUT2D eigenvalue weighted by atomic mass is 79.9. The molecule has 3 nitrogen and oxygen atoms in total. The molecular weight excluding hydrogens is 284 g/mol. The molecule has 2 rings (SSSR count). The molecule has 0 radical (unpaired) electrons. The summed E-state index contributed by atoms with van der Waals surface area (Å²) in [6.45, 7) is 0. The van der Waals surface area contributed by atoms with E-state index in [0.717, 1.165) is 6.07 Å².